The van der Waals surface area contributed by atoms with Gasteiger partial charge in [-0.05, 0) is 37.1 Å². The molecule has 3 heterocycles. The zero-order valence-corrected chi connectivity index (χ0v) is 13.8. The lowest BCUT2D eigenvalue weighted by atomic mass is 10.1. The van der Waals surface area contributed by atoms with Gasteiger partial charge in [-0.25, -0.2) is 4.98 Å². The molecule has 122 valence electrons. The normalized spacial score (nSPS) is 24.4. The Morgan fingerprint density at radius 3 is 3.22 bits per heavy atom. The molecule has 2 aromatic heterocycles. The van der Waals surface area contributed by atoms with E-state index in [4.69, 9.17) is 9.15 Å². The van der Waals surface area contributed by atoms with Crippen molar-refractivity contribution in [1.82, 2.24) is 9.88 Å². The van der Waals surface area contributed by atoms with E-state index in [9.17, 15) is 4.79 Å². The molecule has 1 saturated carbocycles. The molecule has 4 rings (SSSR count). The van der Waals surface area contributed by atoms with Gasteiger partial charge in [0.1, 0.15) is 6.26 Å². The molecular formula is C17H20N2O3S. The predicted molar refractivity (Wildman–Crippen MR) is 87.2 cm³/mol. The fourth-order valence-electron chi connectivity index (χ4n) is 3.56. The van der Waals surface area contributed by atoms with Gasteiger partial charge in [-0.15, -0.1) is 11.3 Å². The van der Waals surface area contributed by atoms with Crippen LogP contribution in [0.4, 0.5) is 0 Å². The van der Waals surface area contributed by atoms with Crippen LogP contribution in [-0.2, 0) is 16.0 Å². The van der Waals surface area contributed by atoms with Crippen molar-refractivity contribution in [2.75, 3.05) is 13.2 Å². The molecular weight excluding hydrogens is 312 g/mol. The van der Waals surface area contributed by atoms with E-state index in [1.807, 2.05) is 22.4 Å². The third-order valence-corrected chi connectivity index (χ3v) is 5.49. The highest BCUT2D eigenvalue weighted by molar-refractivity contribution is 7.13. The Morgan fingerprint density at radius 1 is 1.39 bits per heavy atom. The number of oxazole rings is 1. The van der Waals surface area contributed by atoms with Crippen molar-refractivity contribution in [3.05, 3.63) is 29.5 Å². The van der Waals surface area contributed by atoms with Gasteiger partial charge in [0.2, 0.25) is 11.8 Å². The molecule has 0 aromatic carbocycles. The van der Waals surface area contributed by atoms with Crippen LogP contribution in [0.25, 0.3) is 10.8 Å². The first-order valence-corrected chi connectivity index (χ1v) is 9.08. The lowest BCUT2D eigenvalue weighted by molar-refractivity contribution is -0.134. The van der Waals surface area contributed by atoms with Crippen molar-refractivity contribution in [1.29, 1.82) is 0 Å². The molecule has 1 aliphatic carbocycles. The van der Waals surface area contributed by atoms with Gasteiger partial charge in [0, 0.05) is 13.2 Å². The molecule has 1 amide bonds. The predicted octanol–water partition coefficient (Wildman–Crippen LogP) is 3.12. The Balaban J connectivity index is 1.46. The number of thiophene rings is 1. The Morgan fingerprint density at radius 2 is 2.35 bits per heavy atom. The van der Waals surface area contributed by atoms with E-state index in [0.717, 1.165) is 43.7 Å². The van der Waals surface area contributed by atoms with Gasteiger partial charge in [-0.2, -0.15) is 0 Å². The quantitative estimate of drug-likeness (QED) is 0.866. The van der Waals surface area contributed by atoms with Crippen LogP contribution >= 0.6 is 11.3 Å². The van der Waals surface area contributed by atoms with Crippen LogP contribution in [0.3, 0.4) is 0 Å². The zero-order chi connectivity index (χ0) is 15.6. The lowest BCUT2D eigenvalue weighted by Crippen LogP contribution is -2.44. The van der Waals surface area contributed by atoms with E-state index < -0.39 is 0 Å². The molecule has 2 aliphatic rings. The Labute approximate surface area is 139 Å². The van der Waals surface area contributed by atoms with Gasteiger partial charge >= 0.3 is 0 Å². The molecule has 23 heavy (non-hydrogen) atoms. The maximum atomic E-state index is 12.7. The van der Waals surface area contributed by atoms with Crippen LogP contribution in [0.5, 0.6) is 0 Å². The van der Waals surface area contributed by atoms with Gasteiger partial charge < -0.3 is 14.1 Å². The minimum Gasteiger partial charge on any atom is -0.444 e. The van der Waals surface area contributed by atoms with E-state index in [2.05, 4.69) is 4.98 Å². The third kappa shape index (κ3) is 3.05. The number of hydrogen-bond acceptors (Lipinski definition) is 5. The summed E-state index contributed by atoms with van der Waals surface area (Å²) in [5.74, 6) is 0.735. The number of rotatable bonds is 3. The Kier molecular flexibility index (Phi) is 4.18. The molecule has 2 atom stereocenters. The van der Waals surface area contributed by atoms with Gasteiger partial charge in [-0.3, -0.25) is 4.79 Å². The maximum absolute atomic E-state index is 12.7. The summed E-state index contributed by atoms with van der Waals surface area (Å²) in [5, 5.41) is 1.99. The van der Waals surface area contributed by atoms with Gasteiger partial charge in [0.05, 0.1) is 29.1 Å². The number of nitrogens with zero attached hydrogens (tertiary/aromatic N) is 2. The smallest absolute Gasteiger partial charge is 0.236 e. The molecule has 1 aliphatic heterocycles. The average molecular weight is 332 g/mol. The molecule has 2 aromatic rings. The van der Waals surface area contributed by atoms with E-state index in [1.54, 1.807) is 17.6 Å². The number of hydrogen-bond donors (Lipinski definition) is 0. The first kappa shape index (κ1) is 14.9. The molecule has 0 bridgehead atoms. The van der Waals surface area contributed by atoms with Crippen molar-refractivity contribution in [3.63, 3.8) is 0 Å². The number of carbonyl (C=O) groups is 1. The number of carbonyl (C=O) groups excluding carboxylic acids is 1. The van der Waals surface area contributed by atoms with Crippen LogP contribution in [-0.4, -0.2) is 41.1 Å². The summed E-state index contributed by atoms with van der Waals surface area (Å²) < 4.78 is 11.4. The van der Waals surface area contributed by atoms with E-state index in [-0.39, 0.29) is 18.1 Å². The second-order valence-electron chi connectivity index (χ2n) is 6.15. The highest BCUT2D eigenvalue weighted by Gasteiger charge is 2.36. The molecule has 0 unspecified atom stereocenters. The summed E-state index contributed by atoms with van der Waals surface area (Å²) >= 11 is 1.58. The van der Waals surface area contributed by atoms with Crippen molar-refractivity contribution >= 4 is 17.2 Å². The number of ether oxygens (including phenoxy) is 1. The monoisotopic (exact) mass is 332 g/mol. The molecule has 0 N–H and O–H groups in total. The Hall–Kier alpha value is -1.66. The first-order valence-electron chi connectivity index (χ1n) is 8.20. The van der Waals surface area contributed by atoms with Crippen LogP contribution in [0.1, 0.15) is 31.4 Å². The summed E-state index contributed by atoms with van der Waals surface area (Å²) in [7, 11) is 0. The lowest BCUT2D eigenvalue weighted by Gasteiger charge is -2.29. The fourth-order valence-corrected chi connectivity index (χ4v) is 4.22. The Bertz CT molecular complexity index is 667. The first-order chi connectivity index (χ1) is 11.3. The van der Waals surface area contributed by atoms with Crippen LogP contribution < -0.4 is 0 Å². The zero-order valence-electron chi connectivity index (χ0n) is 12.9. The molecule has 5 nitrogen and oxygen atoms in total. The summed E-state index contributed by atoms with van der Waals surface area (Å²) in [6.45, 7) is 1.55. The number of aromatic nitrogens is 1. The van der Waals surface area contributed by atoms with Crippen LogP contribution in [0.2, 0.25) is 0 Å². The minimum atomic E-state index is 0.137. The van der Waals surface area contributed by atoms with Crippen molar-refractivity contribution in [2.45, 2.75) is 44.2 Å². The van der Waals surface area contributed by atoms with Gasteiger partial charge in [0.25, 0.3) is 0 Å². The van der Waals surface area contributed by atoms with Gasteiger partial charge in [-0.1, -0.05) is 6.07 Å². The highest BCUT2D eigenvalue weighted by atomic mass is 32.1. The number of amides is 1. The maximum Gasteiger partial charge on any atom is 0.236 e. The third-order valence-electron chi connectivity index (χ3n) is 4.63. The standard InChI is InChI=1S/C17H20N2O3S/c20-16(19-7-3-8-21-14-5-1-4-13(14)19)10-12-11-22-17(18-12)15-6-2-9-23-15/h2,6,9,11,13-14H,1,3-5,7-8,10H2/t13-,14+/m1/s1. The van der Waals surface area contributed by atoms with E-state index >= 15 is 0 Å². The molecule has 2 fully saturated rings. The largest absolute Gasteiger partial charge is 0.444 e. The van der Waals surface area contributed by atoms with Gasteiger partial charge in [0.15, 0.2) is 0 Å². The molecule has 1 saturated heterocycles. The van der Waals surface area contributed by atoms with Crippen molar-refractivity contribution < 1.29 is 13.9 Å². The van der Waals surface area contributed by atoms with Crippen LogP contribution in [0.15, 0.2) is 28.2 Å². The summed E-state index contributed by atoms with van der Waals surface area (Å²) in [4.78, 5) is 20.2. The summed E-state index contributed by atoms with van der Waals surface area (Å²) in [6.07, 6.45) is 6.31. The average Bonchev–Trinajstić information content (AvgIpc) is 3.27. The van der Waals surface area contributed by atoms with Crippen LogP contribution in [0, 0.1) is 0 Å². The fraction of sp³-hybridized carbons (Fsp3) is 0.529. The second-order valence-corrected chi connectivity index (χ2v) is 7.09. The summed E-state index contributed by atoms with van der Waals surface area (Å²) in [5.41, 5.74) is 0.707. The SMILES string of the molecule is O=C(Cc1coc(-c2cccs2)n1)N1CCCO[C@H]2CCC[C@H]21. The van der Waals surface area contributed by atoms with E-state index in [1.165, 1.54) is 0 Å². The molecule has 0 spiro atoms. The number of fused-ring (bicyclic) bond motifs is 1. The highest BCUT2D eigenvalue weighted by Crippen LogP contribution is 2.30. The molecule has 0 radical (unpaired) electrons. The van der Waals surface area contributed by atoms with Crippen molar-refractivity contribution in [2.24, 2.45) is 0 Å². The summed E-state index contributed by atoms with van der Waals surface area (Å²) in [6, 6.07) is 4.18. The van der Waals surface area contributed by atoms with Crippen molar-refractivity contribution in [3.8, 4) is 10.8 Å². The second kappa shape index (κ2) is 6.45. The minimum absolute atomic E-state index is 0.137. The molecule has 6 heteroatoms. The van der Waals surface area contributed by atoms with E-state index in [0.29, 0.717) is 18.0 Å². The topological polar surface area (TPSA) is 55.6 Å².